The van der Waals surface area contributed by atoms with E-state index >= 15 is 0 Å². The summed E-state index contributed by atoms with van der Waals surface area (Å²) in [4.78, 5) is 28.6. The highest BCUT2D eigenvalue weighted by Gasteiger charge is 2.35. The maximum atomic E-state index is 14.3. The van der Waals surface area contributed by atoms with Crippen LogP contribution in [0.1, 0.15) is 31.4 Å². The molecule has 0 radical (unpaired) electrons. The average Bonchev–Trinajstić information content (AvgIpc) is 3.00. The van der Waals surface area contributed by atoms with Gasteiger partial charge in [0.05, 0.1) is 31.9 Å². The fourth-order valence-electron chi connectivity index (χ4n) is 4.58. The second-order valence-electron chi connectivity index (χ2n) is 9.67. The zero-order chi connectivity index (χ0) is 31.7. The van der Waals surface area contributed by atoms with E-state index in [1.54, 1.807) is 19.9 Å². The molecule has 0 saturated heterocycles. The Morgan fingerprint density at radius 3 is 2.09 bits per heavy atom. The number of carbonyl (C=O) groups excluding carboxylic acids is 2. The Morgan fingerprint density at radius 2 is 1.51 bits per heavy atom. The number of aryl methyl sites for hydroxylation is 1. The highest BCUT2D eigenvalue weighted by molar-refractivity contribution is 7.92. The number of nitrogens with one attached hydrogen (secondary N) is 1. The fraction of sp³-hybridized carbons (Fsp3) is 0.355. The summed E-state index contributed by atoms with van der Waals surface area (Å²) in [6, 6.07) is 15.4. The van der Waals surface area contributed by atoms with E-state index in [-0.39, 0.29) is 39.6 Å². The number of sulfonamides is 1. The van der Waals surface area contributed by atoms with Gasteiger partial charge in [0, 0.05) is 24.2 Å². The van der Waals surface area contributed by atoms with Crippen molar-refractivity contribution in [2.75, 3.05) is 38.7 Å². The third-order valence-electron chi connectivity index (χ3n) is 6.84. The van der Waals surface area contributed by atoms with Crippen molar-refractivity contribution < 1.29 is 32.2 Å². The largest absolute Gasteiger partial charge is 0.495 e. The van der Waals surface area contributed by atoms with Crippen LogP contribution < -0.4 is 23.8 Å². The van der Waals surface area contributed by atoms with Crippen LogP contribution in [0.4, 0.5) is 5.69 Å². The molecule has 12 heteroatoms. The fourth-order valence-corrected chi connectivity index (χ4v) is 6.18. The van der Waals surface area contributed by atoms with Gasteiger partial charge in [-0.2, -0.15) is 0 Å². The molecule has 1 N–H and O–H groups in total. The molecule has 43 heavy (non-hydrogen) atoms. The molecule has 0 aromatic heterocycles. The number of hydrogen-bond acceptors (Lipinski definition) is 7. The lowest BCUT2D eigenvalue weighted by molar-refractivity contribution is -0.140. The van der Waals surface area contributed by atoms with Gasteiger partial charge in [-0.15, -0.1) is 0 Å². The molecule has 0 aliphatic carbocycles. The number of nitrogens with zero attached hydrogens (tertiary/aromatic N) is 2. The third kappa shape index (κ3) is 7.91. The summed E-state index contributed by atoms with van der Waals surface area (Å²) in [7, 11) is -0.196. The Bertz CT molecular complexity index is 1530. The first kappa shape index (κ1) is 33.5. The molecule has 0 aliphatic heterocycles. The molecule has 0 aliphatic rings. The zero-order valence-electron chi connectivity index (χ0n) is 25.2. The third-order valence-corrected chi connectivity index (χ3v) is 8.83. The van der Waals surface area contributed by atoms with E-state index < -0.39 is 28.5 Å². The lowest BCUT2D eigenvalue weighted by Crippen LogP contribution is -2.52. The molecule has 10 nitrogen and oxygen atoms in total. The lowest BCUT2D eigenvalue weighted by Gasteiger charge is -2.33. The number of rotatable bonds is 14. The lowest BCUT2D eigenvalue weighted by atomic mass is 10.1. The van der Waals surface area contributed by atoms with Crippen molar-refractivity contribution in [1.29, 1.82) is 0 Å². The molecule has 0 heterocycles. The molecule has 3 rings (SSSR count). The smallest absolute Gasteiger partial charge is 0.265 e. The van der Waals surface area contributed by atoms with Gasteiger partial charge >= 0.3 is 0 Å². The monoisotopic (exact) mass is 631 g/mol. The molecule has 0 spiro atoms. The van der Waals surface area contributed by atoms with E-state index in [9.17, 15) is 18.0 Å². The summed E-state index contributed by atoms with van der Waals surface area (Å²) >= 11 is 6.31. The molecule has 0 bridgehead atoms. The van der Waals surface area contributed by atoms with E-state index in [0.29, 0.717) is 18.7 Å². The zero-order valence-corrected chi connectivity index (χ0v) is 26.8. The molecule has 0 saturated carbocycles. The van der Waals surface area contributed by atoms with Crippen molar-refractivity contribution in [1.82, 2.24) is 10.2 Å². The van der Waals surface area contributed by atoms with Crippen LogP contribution in [0.3, 0.4) is 0 Å². The second-order valence-corrected chi connectivity index (χ2v) is 12.0. The van der Waals surface area contributed by atoms with Crippen LogP contribution in [-0.4, -0.2) is 65.6 Å². The first-order chi connectivity index (χ1) is 20.5. The summed E-state index contributed by atoms with van der Waals surface area (Å²) in [5.41, 5.74) is 1.88. The highest BCUT2D eigenvalue weighted by Crippen LogP contribution is 2.37. The predicted octanol–water partition coefficient (Wildman–Crippen LogP) is 4.81. The summed E-state index contributed by atoms with van der Waals surface area (Å²) in [6.07, 6.45) is 0.312. The van der Waals surface area contributed by atoms with E-state index in [4.69, 9.17) is 25.8 Å². The molecule has 1 atom stereocenters. The van der Waals surface area contributed by atoms with Crippen molar-refractivity contribution >= 4 is 39.1 Å². The topological polar surface area (TPSA) is 114 Å². The normalized spacial score (nSPS) is 11.8. The van der Waals surface area contributed by atoms with Crippen LogP contribution in [0.2, 0.25) is 5.02 Å². The predicted molar refractivity (Wildman–Crippen MR) is 167 cm³/mol. The number of methoxy groups -OCH3 is 3. The van der Waals surface area contributed by atoms with Crippen LogP contribution in [0.25, 0.3) is 0 Å². The maximum Gasteiger partial charge on any atom is 0.265 e. The number of likely N-dealkylation sites (N-methyl/N-ethyl adjacent to an activating group) is 1. The van der Waals surface area contributed by atoms with Crippen LogP contribution in [0.15, 0.2) is 65.6 Å². The molecule has 3 aromatic carbocycles. The molecule has 1 unspecified atom stereocenters. The van der Waals surface area contributed by atoms with E-state index in [1.807, 2.05) is 31.2 Å². The summed E-state index contributed by atoms with van der Waals surface area (Å²) in [5.74, 6) is -0.218. The van der Waals surface area contributed by atoms with Crippen LogP contribution in [0, 0.1) is 6.92 Å². The van der Waals surface area contributed by atoms with Crippen molar-refractivity contribution in [2.45, 2.75) is 44.7 Å². The Morgan fingerprint density at radius 1 is 0.884 bits per heavy atom. The number of halogens is 1. The number of ether oxygens (including phenoxy) is 3. The second kappa shape index (κ2) is 15.0. The van der Waals surface area contributed by atoms with Crippen LogP contribution >= 0.6 is 11.6 Å². The van der Waals surface area contributed by atoms with Gasteiger partial charge in [0.1, 0.15) is 18.3 Å². The Labute approximate surface area is 258 Å². The maximum absolute atomic E-state index is 14.3. The van der Waals surface area contributed by atoms with Gasteiger partial charge < -0.3 is 24.4 Å². The van der Waals surface area contributed by atoms with Gasteiger partial charge in [-0.3, -0.25) is 13.9 Å². The number of hydrogen-bond donors (Lipinski definition) is 1. The molecule has 3 aromatic rings. The molecule has 2 amide bonds. The van der Waals surface area contributed by atoms with Crippen molar-refractivity contribution in [3.05, 3.63) is 76.8 Å². The minimum absolute atomic E-state index is 0.0551. The van der Waals surface area contributed by atoms with Gasteiger partial charge in [0.25, 0.3) is 10.0 Å². The van der Waals surface area contributed by atoms with Gasteiger partial charge in [0.2, 0.25) is 11.8 Å². The van der Waals surface area contributed by atoms with E-state index in [0.717, 1.165) is 15.4 Å². The summed E-state index contributed by atoms with van der Waals surface area (Å²) in [6.45, 7) is 5.36. The average molecular weight is 632 g/mol. The van der Waals surface area contributed by atoms with Crippen molar-refractivity contribution in [3.8, 4) is 17.2 Å². The number of benzene rings is 3. The quantitative estimate of drug-likeness (QED) is 0.271. The van der Waals surface area contributed by atoms with Crippen molar-refractivity contribution in [2.24, 2.45) is 0 Å². The van der Waals surface area contributed by atoms with Gasteiger partial charge in [0.15, 0.2) is 11.5 Å². The first-order valence-electron chi connectivity index (χ1n) is 13.7. The number of anilines is 1. The van der Waals surface area contributed by atoms with E-state index in [1.165, 1.54) is 56.6 Å². The summed E-state index contributed by atoms with van der Waals surface area (Å²) < 4.78 is 45.6. The standard InChI is InChI=1S/C31H38ClN3O7S/c1-7-25(31(37)33-8-2)34(19-22-11-9-21(3)10-12-22)30(36)20-35(26-17-23(32)13-15-27(26)40-4)43(38,39)24-14-16-28(41-5)29(18-24)42-6/h9-18,25H,7-8,19-20H2,1-6H3,(H,33,37). The minimum Gasteiger partial charge on any atom is -0.495 e. The SMILES string of the molecule is CCNC(=O)C(CC)N(Cc1ccc(C)cc1)C(=O)CN(c1cc(Cl)ccc1OC)S(=O)(=O)c1ccc(OC)c(OC)c1. The van der Waals surface area contributed by atoms with Gasteiger partial charge in [-0.25, -0.2) is 8.42 Å². The summed E-state index contributed by atoms with van der Waals surface area (Å²) in [5, 5.41) is 3.03. The van der Waals surface area contributed by atoms with E-state index in [2.05, 4.69) is 5.32 Å². The molecular formula is C31H38ClN3O7S. The molecule has 0 fully saturated rings. The van der Waals surface area contributed by atoms with Gasteiger partial charge in [-0.1, -0.05) is 48.4 Å². The molecular weight excluding hydrogens is 594 g/mol. The minimum atomic E-state index is -4.42. The highest BCUT2D eigenvalue weighted by atomic mass is 35.5. The number of amides is 2. The van der Waals surface area contributed by atoms with Crippen molar-refractivity contribution in [3.63, 3.8) is 0 Å². The molecule has 232 valence electrons. The Balaban J connectivity index is 2.17. The Kier molecular flexibility index (Phi) is 11.7. The Hall–Kier alpha value is -3.96. The van der Waals surface area contributed by atoms with Crippen LogP contribution in [-0.2, 0) is 26.2 Å². The van der Waals surface area contributed by atoms with Crippen LogP contribution in [0.5, 0.6) is 17.2 Å². The first-order valence-corrected chi connectivity index (χ1v) is 15.5. The number of carbonyl (C=O) groups is 2. The van der Waals surface area contributed by atoms with Gasteiger partial charge in [-0.05, 0) is 56.2 Å².